The van der Waals surface area contributed by atoms with Gasteiger partial charge in [0.1, 0.15) is 5.52 Å². The van der Waals surface area contributed by atoms with E-state index in [9.17, 15) is 9.59 Å². The smallest absolute Gasteiger partial charge is 0.335 e. The van der Waals surface area contributed by atoms with Gasteiger partial charge in [-0.3, -0.25) is 4.79 Å². The summed E-state index contributed by atoms with van der Waals surface area (Å²) in [5.74, 6) is -0.998. The SMILES string of the molecule is Cc1nc2c(s1)c1cnn(Cc3cccc(C(=O)O)c3)c(=O)c1n2C. The molecule has 0 atom stereocenters. The molecule has 25 heavy (non-hydrogen) atoms. The van der Waals surface area contributed by atoms with Gasteiger partial charge in [0.2, 0.25) is 0 Å². The zero-order valence-electron chi connectivity index (χ0n) is 13.6. The predicted octanol–water partition coefficient (Wildman–Crippen LogP) is 2.40. The lowest BCUT2D eigenvalue weighted by molar-refractivity contribution is 0.0696. The molecule has 0 aliphatic carbocycles. The van der Waals surface area contributed by atoms with Crippen LogP contribution in [0, 0.1) is 6.92 Å². The molecule has 0 amide bonds. The van der Waals surface area contributed by atoms with Crippen LogP contribution in [0.2, 0.25) is 0 Å². The first-order valence-corrected chi connectivity index (χ1v) is 8.41. The van der Waals surface area contributed by atoms with E-state index in [0.717, 1.165) is 20.7 Å². The van der Waals surface area contributed by atoms with Crippen molar-refractivity contribution < 1.29 is 9.90 Å². The van der Waals surface area contributed by atoms with Crippen LogP contribution in [-0.4, -0.2) is 30.4 Å². The zero-order valence-corrected chi connectivity index (χ0v) is 14.4. The van der Waals surface area contributed by atoms with E-state index in [-0.39, 0.29) is 17.7 Å². The van der Waals surface area contributed by atoms with Crippen LogP contribution < -0.4 is 5.56 Å². The Balaban J connectivity index is 1.85. The lowest BCUT2D eigenvalue weighted by atomic mass is 10.1. The average Bonchev–Trinajstić information content (AvgIpc) is 3.08. The van der Waals surface area contributed by atoms with E-state index in [1.165, 1.54) is 10.7 Å². The number of carbonyl (C=O) groups is 1. The minimum atomic E-state index is -0.998. The highest BCUT2D eigenvalue weighted by atomic mass is 32.1. The van der Waals surface area contributed by atoms with Crippen molar-refractivity contribution in [3.05, 3.63) is 57.0 Å². The first-order chi connectivity index (χ1) is 12.0. The van der Waals surface area contributed by atoms with Crippen molar-refractivity contribution in [2.45, 2.75) is 13.5 Å². The second kappa shape index (κ2) is 5.52. The van der Waals surface area contributed by atoms with E-state index in [1.54, 1.807) is 40.3 Å². The van der Waals surface area contributed by atoms with Gasteiger partial charge < -0.3 is 9.67 Å². The average molecular weight is 354 g/mol. The molecule has 0 fully saturated rings. The monoisotopic (exact) mass is 354 g/mol. The van der Waals surface area contributed by atoms with Crippen molar-refractivity contribution in [3.8, 4) is 0 Å². The molecule has 3 heterocycles. The molecule has 4 aromatic rings. The number of fused-ring (bicyclic) bond motifs is 3. The Morgan fingerprint density at radius 1 is 1.36 bits per heavy atom. The molecule has 3 aromatic heterocycles. The second-order valence-corrected chi connectivity index (χ2v) is 7.02. The summed E-state index contributed by atoms with van der Waals surface area (Å²) in [4.78, 5) is 28.4. The summed E-state index contributed by atoms with van der Waals surface area (Å²) in [6, 6.07) is 6.51. The lowest BCUT2D eigenvalue weighted by Gasteiger charge is -2.06. The number of benzene rings is 1. The van der Waals surface area contributed by atoms with Crippen molar-refractivity contribution in [2.24, 2.45) is 7.05 Å². The fourth-order valence-electron chi connectivity index (χ4n) is 2.98. The number of carboxylic acid groups (broad SMARTS) is 1. The third kappa shape index (κ3) is 2.42. The van der Waals surface area contributed by atoms with Crippen molar-refractivity contribution in [1.82, 2.24) is 19.3 Å². The van der Waals surface area contributed by atoms with Gasteiger partial charge in [-0.15, -0.1) is 11.3 Å². The lowest BCUT2D eigenvalue weighted by Crippen LogP contribution is -2.24. The Morgan fingerprint density at radius 2 is 2.16 bits per heavy atom. The highest BCUT2D eigenvalue weighted by molar-refractivity contribution is 7.19. The molecule has 4 rings (SSSR count). The molecule has 0 radical (unpaired) electrons. The van der Waals surface area contributed by atoms with E-state index < -0.39 is 5.97 Å². The molecule has 126 valence electrons. The summed E-state index contributed by atoms with van der Waals surface area (Å²) in [5.41, 5.74) is 2.01. The topological polar surface area (TPSA) is 90.0 Å². The highest BCUT2D eigenvalue weighted by Gasteiger charge is 2.17. The molecule has 0 saturated heterocycles. The summed E-state index contributed by atoms with van der Waals surface area (Å²) in [7, 11) is 1.82. The van der Waals surface area contributed by atoms with Gasteiger partial charge in [-0.2, -0.15) is 5.10 Å². The molecular formula is C17H14N4O3S. The summed E-state index contributed by atoms with van der Waals surface area (Å²) in [6.07, 6.45) is 1.68. The van der Waals surface area contributed by atoms with E-state index in [2.05, 4.69) is 10.1 Å². The summed E-state index contributed by atoms with van der Waals surface area (Å²) >= 11 is 1.54. The molecule has 0 aliphatic heterocycles. The maximum absolute atomic E-state index is 12.9. The number of hydrogen-bond donors (Lipinski definition) is 1. The molecule has 8 heteroatoms. The number of aromatic carboxylic acids is 1. The fourth-order valence-corrected chi connectivity index (χ4v) is 3.94. The first kappa shape index (κ1) is 15.5. The predicted molar refractivity (Wildman–Crippen MR) is 95.4 cm³/mol. The van der Waals surface area contributed by atoms with Crippen molar-refractivity contribution >= 4 is 38.6 Å². The van der Waals surface area contributed by atoms with Gasteiger partial charge in [-0.1, -0.05) is 12.1 Å². The molecular weight excluding hydrogens is 340 g/mol. The van der Waals surface area contributed by atoms with E-state index in [4.69, 9.17) is 5.11 Å². The van der Waals surface area contributed by atoms with Crippen LogP contribution in [0.1, 0.15) is 20.9 Å². The Bertz CT molecular complexity index is 1200. The normalized spacial score (nSPS) is 11.4. The maximum atomic E-state index is 12.9. The van der Waals surface area contributed by atoms with Gasteiger partial charge in [0.05, 0.1) is 28.0 Å². The van der Waals surface area contributed by atoms with Crippen LogP contribution in [0.4, 0.5) is 0 Å². The number of carboxylic acids is 1. The van der Waals surface area contributed by atoms with E-state index >= 15 is 0 Å². The van der Waals surface area contributed by atoms with Gasteiger partial charge in [-0.05, 0) is 24.6 Å². The summed E-state index contributed by atoms with van der Waals surface area (Å²) in [6.45, 7) is 2.14. The Labute approximate surface area is 145 Å². The number of rotatable bonds is 3. The molecule has 0 spiro atoms. The van der Waals surface area contributed by atoms with Crippen LogP contribution in [0.5, 0.6) is 0 Å². The number of aromatic nitrogens is 4. The summed E-state index contributed by atoms with van der Waals surface area (Å²) in [5, 5.41) is 15.1. The van der Waals surface area contributed by atoms with Gasteiger partial charge in [0, 0.05) is 12.4 Å². The summed E-state index contributed by atoms with van der Waals surface area (Å²) < 4.78 is 4.10. The minimum absolute atomic E-state index is 0.186. The van der Waals surface area contributed by atoms with Crippen LogP contribution in [0.3, 0.4) is 0 Å². The standard InChI is InChI=1S/C17H14N4O3S/c1-9-19-15-14(25-9)12-7-18-21(16(22)13(12)20(15)2)8-10-4-3-5-11(6-10)17(23)24/h3-7H,8H2,1-2H3,(H,23,24). The van der Waals surface area contributed by atoms with Gasteiger partial charge in [-0.25, -0.2) is 14.5 Å². The Morgan fingerprint density at radius 3 is 2.92 bits per heavy atom. The molecule has 0 bridgehead atoms. The number of thiazole rings is 1. The van der Waals surface area contributed by atoms with Crippen LogP contribution in [-0.2, 0) is 13.6 Å². The van der Waals surface area contributed by atoms with Gasteiger partial charge in [0.25, 0.3) is 5.56 Å². The first-order valence-electron chi connectivity index (χ1n) is 7.59. The minimum Gasteiger partial charge on any atom is -0.478 e. The second-order valence-electron chi connectivity index (χ2n) is 5.82. The molecule has 0 unspecified atom stereocenters. The van der Waals surface area contributed by atoms with Crippen molar-refractivity contribution in [3.63, 3.8) is 0 Å². The third-order valence-corrected chi connectivity index (χ3v) is 5.13. The number of nitrogens with zero attached hydrogens (tertiary/aromatic N) is 4. The van der Waals surface area contributed by atoms with Crippen molar-refractivity contribution in [2.75, 3.05) is 0 Å². The van der Waals surface area contributed by atoms with Crippen molar-refractivity contribution in [1.29, 1.82) is 0 Å². The highest BCUT2D eigenvalue weighted by Crippen LogP contribution is 2.30. The number of hydrogen-bond acceptors (Lipinski definition) is 5. The molecule has 0 aliphatic rings. The van der Waals surface area contributed by atoms with Crippen LogP contribution in [0.25, 0.3) is 21.3 Å². The van der Waals surface area contributed by atoms with E-state index in [0.29, 0.717) is 11.1 Å². The molecule has 1 N–H and O–H groups in total. The fraction of sp³-hybridized carbons (Fsp3) is 0.176. The quantitative estimate of drug-likeness (QED) is 0.610. The zero-order chi connectivity index (χ0) is 17.7. The van der Waals surface area contributed by atoms with Gasteiger partial charge >= 0.3 is 5.97 Å². The van der Waals surface area contributed by atoms with Gasteiger partial charge in [0.15, 0.2) is 5.65 Å². The van der Waals surface area contributed by atoms with Crippen LogP contribution >= 0.6 is 11.3 Å². The molecule has 7 nitrogen and oxygen atoms in total. The molecule has 0 saturated carbocycles. The van der Waals surface area contributed by atoms with Crippen LogP contribution in [0.15, 0.2) is 35.3 Å². The number of aryl methyl sites for hydroxylation is 2. The maximum Gasteiger partial charge on any atom is 0.335 e. The molecule has 1 aromatic carbocycles. The largest absolute Gasteiger partial charge is 0.478 e. The Hall–Kier alpha value is -3.00. The third-order valence-electron chi connectivity index (χ3n) is 4.14. The van der Waals surface area contributed by atoms with E-state index in [1.807, 2.05) is 14.0 Å². The Kier molecular flexibility index (Phi) is 3.43.